The summed E-state index contributed by atoms with van der Waals surface area (Å²) in [5.41, 5.74) is -0.292. The number of aromatic carboxylic acids is 1. The number of nitrogens with zero attached hydrogens (tertiary/aromatic N) is 1. The average Bonchev–Trinajstić information content (AvgIpc) is 2.08. The molecule has 0 radical (unpaired) electrons. The number of para-hydroxylation sites is 1. The Bertz CT molecular complexity index is 359. The van der Waals surface area contributed by atoms with Gasteiger partial charge in [-0.1, -0.05) is 23.0 Å². The Kier molecular flexibility index (Phi) is 2.49. The van der Waals surface area contributed by atoms with Gasteiger partial charge in [0.2, 0.25) is 0 Å². The summed E-state index contributed by atoms with van der Waals surface area (Å²) >= 11 is 0. The lowest BCUT2D eigenvalue weighted by molar-refractivity contribution is -0.269. The number of benzene rings is 1. The van der Waals surface area contributed by atoms with Gasteiger partial charge in [-0.25, -0.2) is 4.79 Å². The van der Waals surface area contributed by atoms with Crippen LogP contribution in [-0.2, 0) is 0 Å². The van der Waals surface area contributed by atoms with Crippen molar-refractivity contribution in [1.29, 1.82) is 0 Å². The molecule has 0 atom stereocenters. The summed E-state index contributed by atoms with van der Waals surface area (Å²) in [6.07, 6.45) is 0.898. The van der Waals surface area contributed by atoms with Crippen LogP contribution in [0.25, 0.3) is 0 Å². The van der Waals surface area contributed by atoms with Gasteiger partial charge in [0.15, 0.2) is 0 Å². The van der Waals surface area contributed by atoms with E-state index in [2.05, 4.69) is 5.16 Å². The third-order valence-corrected chi connectivity index (χ3v) is 1.47. The Labute approximate surface area is 73.6 Å². The summed E-state index contributed by atoms with van der Waals surface area (Å²) in [7, 11) is 0. The van der Waals surface area contributed by atoms with Gasteiger partial charge in [-0.3, -0.25) is 0 Å². The standard InChI is InChI=1S/C8H7NO4/c10-7-5(4-9-13)2-1-3-6(7)8(11)12/h1-4,10,13H,(H,11,12)/p-1/b9-4+. The van der Waals surface area contributed by atoms with Crippen LogP contribution in [0.4, 0.5) is 0 Å². The third kappa shape index (κ3) is 1.76. The number of hydrogen-bond donors (Lipinski definition) is 2. The van der Waals surface area contributed by atoms with Gasteiger partial charge in [-0.05, 0) is 11.6 Å². The Balaban J connectivity index is 3.26. The normalized spacial score (nSPS) is 10.5. The second kappa shape index (κ2) is 3.57. The molecule has 0 saturated heterocycles. The van der Waals surface area contributed by atoms with E-state index in [0.29, 0.717) is 0 Å². The summed E-state index contributed by atoms with van der Waals surface area (Å²) in [6, 6.07) is 3.97. The predicted octanol–water partition coefficient (Wildman–Crippen LogP) is 0.266. The molecule has 1 rings (SSSR count). The van der Waals surface area contributed by atoms with E-state index >= 15 is 0 Å². The molecule has 0 spiro atoms. The fourth-order valence-corrected chi connectivity index (χ4v) is 0.887. The highest BCUT2D eigenvalue weighted by Crippen LogP contribution is 2.17. The summed E-state index contributed by atoms with van der Waals surface area (Å²) in [4.78, 5) is 10.5. The monoisotopic (exact) mass is 180 g/mol. The molecule has 1 aromatic carbocycles. The van der Waals surface area contributed by atoms with Gasteiger partial charge in [-0.2, -0.15) is 0 Å². The molecule has 0 aliphatic carbocycles. The van der Waals surface area contributed by atoms with Crippen molar-refractivity contribution in [1.82, 2.24) is 0 Å². The first-order chi connectivity index (χ1) is 6.16. The van der Waals surface area contributed by atoms with Crippen molar-refractivity contribution < 1.29 is 20.2 Å². The highest BCUT2D eigenvalue weighted by atomic mass is 16.4. The zero-order chi connectivity index (χ0) is 9.84. The van der Waals surface area contributed by atoms with E-state index < -0.39 is 11.7 Å². The molecule has 68 valence electrons. The molecule has 0 aromatic heterocycles. The van der Waals surface area contributed by atoms with E-state index in [9.17, 15) is 9.90 Å². The molecular weight excluding hydrogens is 174 g/mol. The lowest BCUT2D eigenvalue weighted by Gasteiger charge is -2.12. The molecule has 0 bridgehead atoms. The van der Waals surface area contributed by atoms with Gasteiger partial charge in [-0.15, -0.1) is 0 Å². The maximum absolute atomic E-state index is 11.2. The summed E-state index contributed by atoms with van der Waals surface area (Å²) in [6.45, 7) is 0. The average molecular weight is 180 g/mol. The smallest absolute Gasteiger partial charge is 0.335 e. The van der Waals surface area contributed by atoms with E-state index in [4.69, 9.17) is 10.3 Å². The van der Waals surface area contributed by atoms with Crippen molar-refractivity contribution in [3.8, 4) is 5.75 Å². The molecule has 0 unspecified atom stereocenters. The quantitative estimate of drug-likeness (QED) is 0.388. The van der Waals surface area contributed by atoms with Gasteiger partial charge in [0.1, 0.15) is 0 Å². The molecule has 0 amide bonds. The zero-order valence-electron chi connectivity index (χ0n) is 6.47. The number of hydrogen-bond acceptors (Lipinski definition) is 4. The Morgan fingerprint density at radius 1 is 1.54 bits per heavy atom. The number of carboxylic acids is 1. The van der Waals surface area contributed by atoms with Crippen LogP contribution in [0, 0.1) is 0 Å². The first-order valence-electron chi connectivity index (χ1n) is 3.37. The van der Waals surface area contributed by atoms with Crippen molar-refractivity contribution in [2.45, 2.75) is 0 Å². The summed E-state index contributed by atoms with van der Waals surface area (Å²) < 4.78 is 0. The summed E-state index contributed by atoms with van der Waals surface area (Å²) in [5.74, 6) is -1.95. The zero-order valence-corrected chi connectivity index (χ0v) is 6.47. The largest absolute Gasteiger partial charge is 0.871 e. The molecule has 0 aliphatic rings. The van der Waals surface area contributed by atoms with E-state index in [1.165, 1.54) is 18.2 Å². The van der Waals surface area contributed by atoms with E-state index in [1.54, 1.807) is 0 Å². The van der Waals surface area contributed by atoms with Crippen molar-refractivity contribution in [3.63, 3.8) is 0 Å². The van der Waals surface area contributed by atoms with Crippen LogP contribution in [0.2, 0.25) is 0 Å². The number of carbonyl (C=O) groups is 1. The SMILES string of the molecule is O=C(O)c1cccc(/C=N/O)c1[O-]. The molecule has 1 aromatic rings. The number of oxime groups is 1. The minimum absolute atomic E-state index is 0.0439. The maximum Gasteiger partial charge on any atom is 0.335 e. The maximum atomic E-state index is 11.2. The molecule has 2 N–H and O–H groups in total. The van der Waals surface area contributed by atoms with Crippen LogP contribution in [0.5, 0.6) is 5.75 Å². The highest BCUT2D eigenvalue weighted by Gasteiger charge is 2.04. The van der Waals surface area contributed by atoms with Crippen LogP contribution in [0.1, 0.15) is 15.9 Å². The first-order valence-corrected chi connectivity index (χ1v) is 3.37. The molecule has 0 heterocycles. The third-order valence-electron chi connectivity index (χ3n) is 1.47. The Morgan fingerprint density at radius 3 is 2.77 bits per heavy atom. The van der Waals surface area contributed by atoms with E-state index in [-0.39, 0.29) is 11.1 Å². The van der Waals surface area contributed by atoms with Gasteiger partial charge in [0.25, 0.3) is 0 Å². The van der Waals surface area contributed by atoms with E-state index in [0.717, 1.165) is 6.21 Å². The van der Waals surface area contributed by atoms with Crippen LogP contribution < -0.4 is 5.11 Å². The van der Waals surface area contributed by atoms with Crippen molar-refractivity contribution in [2.24, 2.45) is 5.16 Å². The van der Waals surface area contributed by atoms with Crippen LogP contribution in [0.15, 0.2) is 23.4 Å². The van der Waals surface area contributed by atoms with Crippen molar-refractivity contribution >= 4 is 12.2 Å². The topological polar surface area (TPSA) is 93.0 Å². The Morgan fingerprint density at radius 2 is 2.23 bits per heavy atom. The second-order valence-corrected chi connectivity index (χ2v) is 2.27. The van der Waals surface area contributed by atoms with Crippen molar-refractivity contribution in [3.05, 3.63) is 29.3 Å². The van der Waals surface area contributed by atoms with Crippen LogP contribution in [-0.4, -0.2) is 22.5 Å². The number of carboxylic acid groups (broad SMARTS) is 1. The number of rotatable bonds is 2. The van der Waals surface area contributed by atoms with Gasteiger partial charge < -0.3 is 15.4 Å². The minimum Gasteiger partial charge on any atom is -0.871 e. The molecule has 13 heavy (non-hydrogen) atoms. The fraction of sp³-hybridized carbons (Fsp3) is 0. The van der Waals surface area contributed by atoms with Gasteiger partial charge in [0.05, 0.1) is 11.8 Å². The second-order valence-electron chi connectivity index (χ2n) is 2.27. The van der Waals surface area contributed by atoms with E-state index in [1.807, 2.05) is 0 Å². The molecule has 0 fully saturated rings. The molecular formula is C8H6NO4-. The van der Waals surface area contributed by atoms with Crippen molar-refractivity contribution in [2.75, 3.05) is 0 Å². The lowest BCUT2D eigenvalue weighted by atomic mass is 10.1. The minimum atomic E-state index is -1.29. The Hall–Kier alpha value is -2.04. The predicted molar refractivity (Wildman–Crippen MR) is 42.2 cm³/mol. The molecule has 0 saturated carbocycles. The molecule has 5 nitrogen and oxygen atoms in total. The van der Waals surface area contributed by atoms with Crippen LogP contribution >= 0.6 is 0 Å². The van der Waals surface area contributed by atoms with Gasteiger partial charge >= 0.3 is 5.97 Å². The summed E-state index contributed by atoms with van der Waals surface area (Å²) in [5, 5.41) is 30.6. The van der Waals surface area contributed by atoms with Gasteiger partial charge in [0, 0.05) is 0 Å². The first kappa shape index (κ1) is 9.05. The highest BCUT2D eigenvalue weighted by molar-refractivity contribution is 5.95. The lowest BCUT2D eigenvalue weighted by Crippen LogP contribution is -2.06. The van der Waals surface area contributed by atoms with Crippen LogP contribution in [0.3, 0.4) is 0 Å². The molecule has 0 aliphatic heterocycles. The fourth-order valence-electron chi connectivity index (χ4n) is 0.887. The molecule has 5 heteroatoms.